The van der Waals surface area contributed by atoms with Crippen LogP contribution in [0.5, 0.6) is 0 Å². The maximum Gasteiger partial charge on any atom is 0.262 e. The van der Waals surface area contributed by atoms with E-state index < -0.39 is 11.8 Å². The molecule has 0 spiro atoms. The lowest BCUT2D eigenvalue weighted by atomic mass is 10.0. The van der Waals surface area contributed by atoms with Crippen molar-refractivity contribution in [3.05, 3.63) is 70.8 Å². The molecule has 2 aromatic carbocycles. The van der Waals surface area contributed by atoms with Gasteiger partial charge in [0, 0.05) is 6.54 Å². The summed E-state index contributed by atoms with van der Waals surface area (Å²) in [4.78, 5) is 40.7. The first-order valence-corrected chi connectivity index (χ1v) is 9.98. The van der Waals surface area contributed by atoms with Gasteiger partial charge in [-0.1, -0.05) is 55.8 Å². The molecule has 1 unspecified atom stereocenters. The average Bonchev–Trinajstić information content (AvgIpc) is 2.97. The Morgan fingerprint density at radius 2 is 1.52 bits per heavy atom. The van der Waals surface area contributed by atoms with Crippen LogP contribution in [-0.2, 0) is 4.79 Å². The highest BCUT2D eigenvalue weighted by Crippen LogP contribution is 2.23. The SMILES string of the molecule is CCN(CC)C(CNC(=O)CN1C(=O)c2ccccc2C1=O)c1ccc(C)cc1. The van der Waals surface area contributed by atoms with Gasteiger partial charge in [0.25, 0.3) is 11.8 Å². The predicted octanol–water partition coefficient (Wildman–Crippen LogP) is 2.79. The summed E-state index contributed by atoms with van der Waals surface area (Å²) in [6.45, 7) is 8.06. The second-order valence-electron chi connectivity index (χ2n) is 7.19. The lowest BCUT2D eigenvalue weighted by Crippen LogP contribution is -2.43. The third-order valence-corrected chi connectivity index (χ3v) is 5.39. The standard InChI is InChI=1S/C23H27N3O3/c1-4-25(5-2)20(17-12-10-16(3)11-13-17)14-24-21(27)15-26-22(28)18-8-6-7-9-19(18)23(26)29/h6-13,20H,4-5,14-15H2,1-3H3,(H,24,27). The minimum Gasteiger partial charge on any atom is -0.353 e. The fraction of sp³-hybridized carbons (Fsp3) is 0.348. The summed E-state index contributed by atoms with van der Waals surface area (Å²) in [6, 6.07) is 15.0. The Labute approximate surface area is 171 Å². The van der Waals surface area contributed by atoms with Gasteiger partial charge in [-0.15, -0.1) is 0 Å². The first kappa shape index (κ1) is 20.7. The highest BCUT2D eigenvalue weighted by Gasteiger charge is 2.36. The Hall–Kier alpha value is -2.99. The number of carbonyl (C=O) groups excluding carboxylic acids is 3. The van der Waals surface area contributed by atoms with Gasteiger partial charge in [0.1, 0.15) is 6.54 Å². The fourth-order valence-corrected chi connectivity index (χ4v) is 3.70. The van der Waals surface area contributed by atoms with Gasteiger partial charge in [-0.05, 0) is 37.7 Å². The molecule has 0 aromatic heterocycles. The molecule has 0 saturated heterocycles. The van der Waals surface area contributed by atoms with Crippen molar-refractivity contribution in [3.8, 4) is 0 Å². The van der Waals surface area contributed by atoms with Crippen molar-refractivity contribution in [1.82, 2.24) is 15.1 Å². The average molecular weight is 393 g/mol. The molecule has 152 valence electrons. The largest absolute Gasteiger partial charge is 0.353 e. The van der Waals surface area contributed by atoms with Crippen LogP contribution in [0.15, 0.2) is 48.5 Å². The Morgan fingerprint density at radius 3 is 2.03 bits per heavy atom. The number of imide groups is 1. The maximum atomic E-state index is 12.6. The lowest BCUT2D eigenvalue weighted by molar-refractivity contribution is -0.121. The summed E-state index contributed by atoms with van der Waals surface area (Å²) in [5, 5.41) is 2.91. The number of nitrogens with zero attached hydrogens (tertiary/aromatic N) is 2. The number of aryl methyl sites for hydroxylation is 1. The number of amides is 3. The summed E-state index contributed by atoms with van der Waals surface area (Å²) < 4.78 is 0. The van der Waals surface area contributed by atoms with Crippen LogP contribution in [0.4, 0.5) is 0 Å². The molecule has 0 aliphatic carbocycles. The van der Waals surface area contributed by atoms with Crippen molar-refractivity contribution in [1.29, 1.82) is 0 Å². The molecule has 1 heterocycles. The van der Waals surface area contributed by atoms with Crippen molar-refractivity contribution in [3.63, 3.8) is 0 Å². The topological polar surface area (TPSA) is 69.7 Å². The number of carbonyl (C=O) groups is 3. The summed E-state index contributed by atoms with van der Waals surface area (Å²) in [5.41, 5.74) is 3.01. The van der Waals surface area contributed by atoms with Gasteiger partial charge in [0.15, 0.2) is 0 Å². The summed E-state index contributed by atoms with van der Waals surface area (Å²) in [6.07, 6.45) is 0. The van der Waals surface area contributed by atoms with Crippen molar-refractivity contribution < 1.29 is 14.4 Å². The van der Waals surface area contributed by atoms with E-state index in [0.717, 1.165) is 23.6 Å². The quantitative estimate of drug-likeness (QED) is 0.700. The Kier molecular flexibility index (Phi) is 6.44. The van der Waals surface area contributed by atoms with E-state index in [2.05, 4.69) is 48.3 Å². The molecular weight excluding hydrogens is 366 g/mol. The van der Waals surface area contributed by atoms with Gasteiger partial charge < -0.3 is 5.32 Å². The van der Waals surface area contributed by atoms with E-state index in [0.29, 0.717) is 17.7 Å². The molecular formula is C23H27N3O3. The van der Waals surface area contributed by atoms with Crippen LogP contribution in [0.2, 0.25) is 0 Å². The Bertz CT molecular complexity index is 869. The molecule has 0 bridgehead atoms. The van der Waals surface area contributed by atoms with E-state index in [9.17, 15) is 14.4 Å². The molecule has 0 fully saturated rings. The van der Waals surface area contributed by atoms with Gasteiger partial charge in [0.2, 0.25) is 5.91 Å². The number of rotatable bonds is 8. The monoisotopic (exact) mass is 393 g/mol. The third kappa shape index (κ3) is 4.38. The summed E-state index contributed by atoms with van der Waals surface area (Å²) in [5.74, 6) is -1.18. The summed E-state index contributed by atoms with van der Waals surface area (Å²) in [7, 11) is 0. The highest BCUT2D eigenvalue weighted by molar-refractivity contribution is 6.22. The van der Waals surface area contributed by atoms with Crippen molar-refractivity contribution in [2.45, 2.75) is 26.8 Å². The zero-order valence-electron chi connectivity index (χ0n) is 17.1. The minimum absolute atomic E-state index is 0.0247. The van der Waals surface area contributed by atoms with Crippen molar-refractivity contribution >= 4 is 17.7 Å². The molecule has 1 N–H and O–H groups in total. The first-order chi connectivity index (χ1) is 14.0. The molecule has 6 heteroatoms. The van der Waals surface area contributed by atoms with Gasteiger partial charge in [0.05, 0.1) is 17.2 Å². The first-order valence-electron chi connectivity index (χ1n) is 9.98. The van der Waals surface area contributed by atoms with E-state index in [1.54, 1.807) is 24.3 Å². The second kappa shape index (κ2) is 9.01. The number of fused-ring (bicyclic) bond motifs is 1. The van der Waals surface area contributed by atoms with E-state index in [-0.39, 0.29) is 18.5 Å². The van der Waals surface area contributed by atoms with E-state index in [4.69, 9.17) is 0 Å². The predicted molar refractivity (Wildman–Crippen MR) is 112 cm³/mol. The van der Waals surface area contributed by atoms with Crippen LogP contribution in [0.1, 0.15) is 51.7 Å². The molecule has 1 atom stereocenters. The lowest BCUT2D eigenvalue weighted by Gasteiger charge is -2.30. The number of nitrogens with one attached hydrogen (secondary N) is 1. The molecule has 6 nitrogen and oxygen atoms in total. The molecule has 29 heavy (non-hydrogen) atoms. The van der Waals surface area contributed by atoms with Crippen molar-refractivity contribution in [2.24, 2.45) is 0 Å². The van der Waals surface area contributed by atoms with Gasteiger partial charge in [-0.25, -0.2) is 0 Å². The van der Waals surface area contributed by atoms with E-state index >= 15 is 0 Å². The molecule has 3 rings (SSSR count). The molecule has 0 saturated carbocycles. The zero-order chi connectivity index (χ0) is 21.0. The number of likely N-dealkylation sites (N-methyl/N-ethyl adjacent to an activating group) is 1. The van der Waals surface area contributed by atoms with Crippen LogP contribution < -0.4 is 5.32 Å². The number of hydrogen-bond donors (Lipinski definition) is 1. The van der Waals surface area contributed by atoms with Gasteiger partial charge in [-0.2, -0.15) is 0 Å². The van der Waals surface area contributed by atoms with Crippen LogP contribution >= 0.6 is 0 Å². The molecule has 1 aliphatic rings. The van der Waals surface area contributed by atoms with Crippen LogP contribution in [0.25, 0.3) is 0 Å². The van der Waals surface area contributed by atoms with Gasteiger partial charge in [-0.3, -0.25) is 24.2 Å². The smallest absolute Gasteiger partial charge is 0.262 e. The van der Waals surface area contributed by atoms with Crippen LogP contribution in [-0.4, -0.2) is 53.7 Å². The fourth-order valence-electron chi connectivity index (χ4n) is 3.70. The van der Waals surface area contributed by atoms with Crippen LogP contribution in [0, 0.1) is 6.92 Å². The third-order valence-electron chi connectivity index (χ3n) is 5.39. The normalized spacial score (nSPS) is 14.3. The molecule has 2 aromatic rings. The van der Waals surface area contributed by atoms with Crippen molar-refractivity contribution in [2.75, 3.05) is 26.2 Å². The maximum absolute atomic E-state index is 12.6. The molecule has 1 aliphatic heterocycles. The van der Waals surface area contributed by atoms with E-state index in [1.807, 2.05) is 6.92 Å². The molecule has 3 amide bonds. The van der Waals surface area contributed by atoms with E-state index in [1.165, 1.54) is 5.56 Å². The highest BCUT2D eigenvalue weighted by atomic mass is 16.2. The number of benzene rings is 2. The Balaban J connectivity index is 1.67. The number of hydrogen-bond acceptors (Lipinski definition) is 4. The van der Waals surface area contributed by atoms with Gasteiger partial charge >= 0.3 is 0 Å². The molecule has 0 radical (unpaired) electrons. The zero-order valence-corrected chi connectivity index (χ0v) is 17.1. The Morgan fingerprint density at radius 1 is 0.966 bits per heavy atom. The summed E-state index contributed by atoms with van der Waals surface area (Å²) >= 11 is 0. The van der Waals surface area contributed by atoms with Crippen LogP contribution in [0.3, 0.4) is 0 Å². The second-order valence-corrected chi connectivity index (χ2v) is 7.19. The minimum atomic E-state index is -0.417.